The van der Waals surface area contributed by atoms with Crippen LogP contribution in [0.4, 0.5) is 0 Å². The molecule has 82 valence electrons. The van der Waals surface area contributed by atoms with E-state index in [0.717, 1.165) is 26.1 Å². The molecule has 0 saturated carbocycles. The number of benzene rings is 1. The summed E-state index contributed by atoms with van der Waals surface area (Å²) in [6.45, 7) is 4.18. The minimum absolute atomic E-state index is 0.795. The molecule has 15 heavy (non-hydrogen) atoms. The summed E-state index contributed by atoms with van der Waals surface area (Å²) in [5, 5.41) is 0. The van der Waals surface area contributed by atoms with E-state index < -0.39 is 0 Å². The van der Waals surface area contributed by atoms with Crippen LogP contribution in [0.3, 0.4) is 0 Å². The highest BCUT2D eigenvalue weighted by atomic mass is 79.9. The zero-order chi connectivity index (χ0) is 10.7. The van der Waals surface area contributed by atoms with Gasteiger partial charge in [-0.25, -0.2) is 0 Å². The van der Waals surface area contributed by atoms with Crippen molar-refractivity contribution >= 4 is 15.9 Å². The van der Waals surface area contributed by atoms with E-state index in [-0.39, 0.29) is 0 Å². The van der Waals surface area contributed by atoms with Gasteiger partial charge in [0.15, 0.2) is 0 Å². The van der Waals surface area contributed by atoms with Crippen molar-refractivity contribution < 1.29 is 0 Å². The van der Waals surface area contributed by atoms with Gasteiger partial charge in [-0.1, -0.05) is 22.0 Å². The SMILES string of the molecule is NCCCN1CCc2cc(Br)ccc2C1. The van der Waals surface area contributed by atoms with Crippen molar-refractivity contribution in [2.75, 3.05) is 19.6 Å². The van der Waals surface area contributed by atoms with Crippen molar-refractivity contribution in [2.24, 2.45) is 5.73 Å². The fourth-order valence-electron chi connectivity index (χ4n) is 2.09. The third-order valence-corrected chi connectivity index (χ3v) is 3.43. The van der Waals surface area contributed by atoms with E-state index >= 15 is 0 Å². The molecule has 1 aromatic carbocycles. The summed E-state index contributed by atoms with van der Waals surface area (Å²) < 4.78 is 1.19. The van der Waals surface area contributed by atoms with E-state index in [9.17, 15) is 0 Å². The lowest BCUT2D eigenvalue weighted by atomic mass is 10.00. The number of nitrogens with two attached hydrogens (primary N) is 1. The van der Waals surface area contributed by atoms with E-state index in [0.29, 0.717) is 0 Å². The minimum atomic E-state index is 0.795. The Morgan fingerprint density at radius 3 is 3.00 bits per heavy atom. The first-order valence-electron chi connectivity index (χ1n) is 5.49. The highest BCUT2D eigenvalue weighted by Gasteiger charge is 2.15. The van der Waals surface area contributed by atoms with Crippen LogP contribution >= 0.6 is 15.9 Å². The Morgan fingerprint density at radius 2 is 2.20 bits per heavy atom. The number of nitrogens with zero attached hydrogens (tertiary/aromatic N) is 1. The normalized spacial score (nSPS) is 16.4. The molecule has 0 amide bonds. The van der Waals surface area contributed by atoms with E-state index in [1.165, 1.54) is 28.6 Å². The summed E-state index contributed by atoms with van der Waals surface area (Å²) in [5.74, 6) is 0. The van der Waals surface area contributed by atoms with Crippen LogP contribution in [-0.2, 0) is 13.0 Å². The van der Waals surface area contributed by atoms with Gasteiger partial charge in [0.1, 0.15) is 0 Å². The predicted molar refractivity (Wildman–Crippen MR) is 66.8 cm³/mol. The van der Waals surface area contributed by atoms with Crippen molar-refractivity contribution in [1.82, 2.24) is 4.90 Å². The van der Waals surface area contributed by atoms with Gasteiger partial charge < -0.3 is 5.73 Å². The quantitative estimate of drug-likeness (QED) is 0.911. The Morgan fingerprint density at radius 1 is 1.33 bits per heavy atom. The summed E-state index contributed by atoms with van der Waals surface area (Å²) in [4.78, 5) is 2.49. The second-order valence-electron chi connectivity index (χ2n) is 4.08. The third-order valence-electron chi connectivity index (χ3n) is 2.94. The maximum absolute atomic E-state index is 5.53. The molecule has 0 radical (unpaired) electrons. The molecule has 1 heterocycles. The first-order valence-corrected chi connectivity index (χ1v) is 6.28. The molecule has 0 unspecified atom stereocenters. The van der Waals surface area contributed by atoms with Gasteiger partial charge in [0.2, 0.25) is 0 Å². The smallest absolute Gasteiger partial charge is 0.0236 e. The molecule has 2 rings (SSSR count). The van der Waals surface area contributed by atoms with Crippen molar-refractivity contribution in [3.05, 3.63) is 33.8 Å². The monoisotopic (exact) mass is 268 g/mol. The molecule has 3 heteroatoms. The number of hydrogen-bond donors (Lipinski definition) is 1. The number of hydrogen-bond acceptors (Lipinski definition) is 2. The fraction of sp³-hybridized carbons (Fsp3) is 0.500. The van der Waals surface area contributed by atoms with Crippen LogP contribution < -0.4 is 5.73 Å². The topological polar surface area (TPSA) is 29.3 Å². The molecular weight excluding hydrogens is 252 g/mol. The lowest BCUT2D eigenvalue weighted by Crippen LogP contribution is -2.32. The fourth-order valence-corrected chi connectivity index (χ4v) is 2.49. The van der Waals surface area contributed by atoms with Gasteiger partial charge in [-0.15, -0.1) is 0 Å². The molecule has 0 aromatic heterocycles. The average molecular weight is 269 g/mol. The maximum Gasteiger partial charge on any atom is 0.0236 e. The molecule has 1 aromatic rings. The van der Waals surface area contributed by atoms with E-state index in [1.54, 1.807) is 0 Å². The molecule has 0 aliphatic carbocycles. The van der Waals surface area contributed by atoms with Crippen molar-refractivity contribution in [2.45, 2.75) is 19.4 Å². The number of fused-ring (bicyclic) bond motifs is 1. The molecule has 2 N–H and O–H groups in total. The molecule has 1 aliphatic heterocycles. The molecule has 1 aliphatic rings. The lowest BCUT2D eigenvalue weighted by molar-refractivity contribution is 0.252. The first-order chi connectivity index (χ1) is 7.29. The molecule has 0 atom stereocenters. The van der Waals surface area contributed by atoms with E-state index in [1.807, 2.05) is 0 Å². The molecule has 0 saturated heterocycles. The van der Waals surface area contributed by atoms with Gasteiger partial charge >= 0.3 is 0 Å². The number of rotatable bonds is 3. The molecular formula is C12H17BrN2. The standard InChI is InChI=1S/C12H17BrN2/c13-12-3-2-11-9-15(6-1-5-14)7-4-10(11)8-12/h2-3,8H,1,4-7,9,14H2. The summed E-state index contributed by atoms with van der Waals surface area (Å²) in [6, 6.07) is 6.61. The Balaban J connectivity index is 2.03. The van der Waals surface area contributed by atoms with Crippen molar-refractivity contribution in [1.29, 1.82) is 0 Å². The minimum Gasteiger partial charge on any atom is -0.330 e. The Hall–Kier alpha value is -0.380. The van der Waals surface area contributed by atoms with Gasteiger partial charge in [0.25, 0.3) is 0 Å². The summed E-state index contributed by atoms with van der Waals surface area (Å²) in [6.07, 6.45) is 2.27. The Bertz CT molecular complexity index is 338. The molecule has 0 bridgehead atoms. The predicted octanol–water partition coefficient (Wildman–Crippen LogP) is 2.16. The van der Waals surface area contributed by atoms with Crippen LogP contribution in [-0.4, -0.2) is 24.5 Å². The van der Waals surface area contributed by atoms with E-state index in [4.69, 9.17) is 5.73 Å². The highest BCUT2D eigenvalue weighted by molar-refractivity contribution is 9.10. The average Bonchev–Trinajstić information content (AvgIpc) is 2.26. The zero-order valence-corrected chi connectivity index (χ0v) is 10.5. The van der Waals surface area contributed by atoms with Crippen molar-refractivity contribution in [3.63, 3.8) is 0 Å². The van der Waals surface area contributed by atoms with Gasteiger partial charge in [0, 0.05) is 17.6 Å². The van der Waals surface area contributed by atoms with Gasteiger partial charge in [-0.05, 0) is 49.2 Å². The molecule has 0 fully saturated rings. The molecule has 0 spiro atoms. The summed E-state index contributed by atoms with van der Waals surface area (Å²) in [5.41, 5.74) is 8.49. The van der Waals surface area contributed by atoms with Crippen LogP contribution in [0.25, 0.3) is 0 Å². The first kappa shape index (κ1) is 11.1. The van der Waals surface area contributed by atoms with Crippen molar-refractivity contribution in [3.8, 4) is 0 Å². The van der Waals surface area contributed by atoms with Gasteiger partial charge in [-0.3, -0.25) is 4.90 Å². The summed E-state index contributed by atoms with van der Waals surface area (Å²) >= 11 is 3.52. The second kappa shape index (κ2) is 5.10. The largest absolute Gasteiger partial charge is 0.330 e. The third kappa shape index (κ3) is 2.80. The second-order valence-corrected chi connectivity index (χ2v) is 5.00. The Kier molecular flexibility index (Phi) is 3.78. The zero-order valence-electron chi connectivity index (χ0n) is 8.88. The lowest BCUT2D eigenvalue weighted by Gasteiger charge is -2.28. The van der Waals surface area contributed by atoms with Gasteiger partial charge in [0.05, 0.1) is 0 Å². The Labute approximate surface area is 99.6 Å². The van der Waals surface area contributed by atoms with Crippen LogP contribution in [0.2, 0.25) is 0 Å². The molecule has 2 nitrogen and oxygen atoms in total. The van der Waals surface area contributed by atoms with Crippen LogP contribution in [0.5, 0.6) is 0 Å². The highest BCUT2D eigenvalue weighted by Crippen LogP contribution is 2.22. The van der Waals surface area contributed by atoms with E-state index in [2.05, 4.69) is 39.0 Å². The van der Waals surface area contributed by atoms with Crippen LogP contribution in [0.1, 0.15) is 17.5 Å². The van der Waals surface area contributed by atoms with Crippen LogP contribution in [0.15, 0.2) is 22.7 Å². The number of halogens is 1. The van der Waals surface area contributed by atoms with Gasteiger partial charge in [-0.2, -0.15) is 0 Å². The maximum atomic E-state index is 5.53. The summed E-state index contributed by atoms with van der Waals surface area (Å²) in [7, 11) is 0. The van der Waals surface area contributed by atoms with Crippen LogP contribution in [0, 0.1) is 0 Å².